The summed E-state index contributed by atoms with van der Waals surface area (Å²) in [5, 5.41) is 2.93. The minimum atomic E-state index is -3.53. The smallest absolute Gasteiger partial charge is 0.242 e. The van der Waals surface area contributed by atoms with E-state index in [0.29, 0.717) is 5.69 Å². The summed E-state index contributed by atoms with van der Waals surface area (Å²) < 4.78 is 25.8. The number of amides is 1. The predicted molar refractivity (Wildman–Crippen MR) is 101 cm³/mol. The largest absolute Gasteiger partial charge is 0.326 e. The summed E-state index contributed by atoms with van der Waals surface area (Å²) in [4.78, 5) is 12.9. The lowest BCUT2D eigenvalue weighted by Gasteiger charge is -2.14. The number of hydrogen-bond acceptors (Lipinski definition) is 3. The summed E-state index contributed by atoms with van der Waals surface area (Å²) in [6.07, 6.45) is 2.14. The van der Waals surface area contributed by atoms with Gasteiger partial charge < -0.3 is 5.32 Å². The Balaban J connectivity index is 2.27. The fraction of sp³-hybridized carbons (Fsp3) is 0.526. The summed E-state index contributed by atoms with van der Waals surface area (Å²) in [5.41, 5.74) is 2.50. The van der Waals surface area contributed by atoms with Crippen molar-refractivity contribution in [2.24, 2.45) is 17.3 Å². The third-order valence-electron chi connectivity index (χ3n) is 4.95. The highest BCUT2D eigenvalue weighted by Crippen LogP contribution is 2.59. The minimum Gasteiger partial charge on any atom is -0.326 e. The van der Waals surface area contributed by atoms with Gasteiger partial charge in [0, 0.05) is 19.8 Å². The third-order valence-corrected chi connectivity index (χ3v) is 6.76. The van der Waals surface area contributed by atoms with Gasteiger partial charge in [-0.2, -0.15) is 0 Å². The Morgan fingerprint density at radius 2 is 1.84 bits per heavy atom. The van der Waals surface area contributed by atoms with E-state index in [1.807, 2.05) is 20.8 Å². The molecule has 2 rings (SSSR count). The van der Waals surface area contributed by atoms with E-state index in [9.17, 15) is 13.2 Å². The molecule has 0 heterocycles. The zero-order chi connectivity index (χ0) is 19.2. The highest BCUT2D eigenvalue weighted by atomic mass is 32.2. The van der Waals surface area contributed by atoms with Crippen LogP contribution in [0, 0.1) is 24.2 Å². The molecule has 1 saturated carbocycles. The SMILES string of the molecule is CC(C)=C[C@@H]1[C@H](C(=O)Nc2cc(S(=O)(=O)N(C)C)ccc2C)C1(C)C. The van der Waals surface area contributed by atoms with Gasteiger partial charge in [-0.3, -0.25) is 4.79 Å². The van der Waals surface area contributed by atoms with Crippen LogP contribution in [0.5, 0.6) is 0 Å². The number of rotatable bonds is 5. The molecule has 1 aliphatic rings. The standard InChI is InChI=1S/C19H28N2O3S/c1-12(2)10-15-17(19(15,4)5)18(22)20-16-11-14(9-8-13(16)3)25(23,24)21(6)7/h8-11,15,17H,1-7H3,(H,20,22)/t15-,17-/m1/s1. The van der Waals surface area contributed by atoms with Crippen molar-refractivity contribution < 1.29 is 13.2 Å². The van der Waals surface area contributed by atoms with Crippen LogP contribution in [-0.2, 0) is 14.8 Å². The lowest BCUT2D eigenvalue weighted by molar-refractivity contribution is -0.118. The Morgan fingerprint density at radius 3 is 2.36 bits per heavy atom. The molecule has 2 atom stereocenters. The lowest BCUT2D eigenvalue weighted by atomic mass is 10.1. The van der Waals surface area contributed by atoms with E-state index >= 15 is 0 Å². The number of sulfonamides is 1. The van der Waals surface area contributed by atoms with Crippen molar-refractivity contribution >= 4 is 21.6 Å². The average Bonchev–Trinajstić information content (AvgIpc) is 3.00. The topological polar surface area (TPSA) is 66.5 Å². The summed E-state index contributed by atoms with van der Waals surface area (Å²) >= 11 is 0. The molecule has 0 unspecified atom stereocenters. The molecule has 0 spiro atoms. The molecule has 1 aromatic carbocycles. The summed E-state index contributed by atoms with van der Waals surface area (Å²) in [7, 11) is -0.553. The molecule has 1 N–H and O–H groups in total. The van der Waals surface area contributed by atoms with Crippen molar-refractivity contribution in [2.45, 2.75) is 39.5 Å². The number of allylic oxidation sites excluding steroid dienone is 2. The van der Waals surface area contributed by atoms with Crippen LogP contribution in [0.15, 0.2) is 34.7 Å². The van der Waals surface area contributed by atoms with Crippen LogP contribution in [0.25, 0.3) is 0 Å². The van der Waals surface area contributed by atoms with E-state index in [-0.39, 0.29) is 28.1 Å². The number of aryl methyl sites for hydroxylation is 1. The molecule has 1 amide bonds. The number of benzene rings is 1. The number of nitrogens with one attached hydrogen (secondary N) is 1. The second-order valence-corrected chi connectivity index (χ2v) is 9.97. The van der Waals surface area contributed by atoms with E-state index in [0.717, 1.165) is 9.87 Å². The molecule has 1 aliphatic carbocycles. The molecule has 0 radical (unpaired) electrons. The van der Waals surface area contributed by atoms with Gasteiger partial charge in [-0.15, -0.1) is 0 Å². The molecule has 0 bridgehead atoms. The maximum atomic E-state index is 12.7. The van der Waals surface area contributed by atoms with Gasteiger partial charge in [-0.1, -0.05) is 31.6 Å². The van der Waals surface area contributed by atoms with Gasteiger partial charge in [0.15, 0.2) is 0 Å². The normalized spacial score (nSPS) is 21.8. The van der Waals surface area contributed by atoms with Crippen LogP contribution in [0.4, 0.5) is 5.69 Å². The highest BCUT2D eigenvalue weighted by molar-refractivity contribution is 7.89. The van der Waals surface area contributed by atoms with Crippen LogP contribution in [0.2, 0.25) is 0 Å². The van der Waals surface area contributed by atoms with Crippen molar-refractivity contribution in [3.8, 4) is 0 Å². The molecule has 1 fully saturated rings. The van der Waals surface area contributed by atoms with Crippen molar-refractivity contribution in [1.29, 1.82) is 0 Å². The van der Waals surface area contributed by atoms with Gasteiger partial charge in [-0.05, 0) is 49.8 Å². The zero-order valence-electron chi connectivity index (χ0n) is 16.0. The molecule has 1 aromatic rings. The van der Waals surface area contributed by atoms with Gasteiger partial charge in [-0.25, -0.2) is 12.7 Å². The van der Waals surface area contributed by atoms with Gasteiger partial charge in [0.05, 0.1) is 10.8 Å². The van der Waals surface area contributed by atoms with Crippen LogP contribution < -0.4 is 5.32 Å². The van der Waals surface area contributed by atoms with E-state index in [1.165, 1.54) is 25.7 Å². The third kappa shape index (κ3) is 3.80. The number of hydrogen-bond donors (Lipinski definition) is 1. The van der Waals surface area contributed by atoms with Crippen LogP contribution in [-0.4, -0.2) is 32.7 Å². The molecule has 0 saturated heterocycles. The van der Waals surface area contributed by atoms with Gasteiger partial charge in [0.1, 0.15) is 0 Å². The maximum Gasteiger partial charge on any atom is 0.242 e. The molecule has 25 heavy (non-hydrogen) atoms. The van der Waals surface area contributed by atoms with Crippen molar-refractivity contribution in [1.82, 2.24) is 4.31 Å². The van der Waals surface area contributed by atoms with Gasteiger partial charge in [0.25, 0.3) is 0 Å². The van der Waals surface area contributed by atoms with Crippen LogP contribution >= 0.6 is 0 Å². The van der Waals surface area contributed by atoms with Crippen molar-refractivity contribution in [3.05, 3.63) is 35.4 Å². The van der Waals surface area contributed by atoms with Crippen molar-refractivity contribution in [3.63, 3.8) is 0 Å². The van der Waals surface area contributed by atoms with E-state index in [2.05, 4.69) is 25.2 Å². The highest BCUT2D eigenvalue weighted by Gasteiger charge is 2.60. The Kier molecular flexibility index (Phi) is 5.17. The van der Waals surface area contributed by atoms with Crippen LogP contribution in [0.1, 0.15) is 33.3 Å². The molecule has 0 aromatic heterocycles. The molecule has 5 nitrogen and oxygen atoms in total. The van der Waals surface area contributed by atoms with Gasteiger partial charge >= 0.3 is 0 Å². The number of nitrogens with zero attached hydrogens (tertiary/aromatic N) is 1. The summed E-state index contributed by atoms with van der Waals surface area (Å²) in [6, 6.07) is 4.82. The molecule has 6 heteroatoms. The quantitative estimate of drug-likeness (QED) is 0.814. The number of anilines is 1. The lowest BCUT2D eigenvalue weighted by Crippen LogP contribution is -2.23. The fourth-order valence-electron chi connectivity index (χ4n) is 3.17. The first-order valence-corrected chi connectivity index (χ1v) is 9.82. The Morgan fingerprint density at radius 1 is 1.24 bits per heavy atom. The second kappa shape index (κ2) is 6.57. The Hall–Kier alpha value is -1.66. The minimum absolute atomic E-state index is 0.0602. The van der Waals surface area contributed by atoms with E-state index in [1.54, 1.807) is 12.1 Å². The van der Waals surface area contributed by atoms with E-state index < -0.39 is 10.0 Å². The Bertz CT molecular complexity index is 819. The Labute approximate surface area is 151 Å². The van der Waals surface area contributed by atoms with E-state index in [4.69, 9.17) is 0 Å². The molecular formula is C19H28N2O3S. The second-order valence-electron chi connectivity index (χ2n) is 7.82. The summed E-state index contributed by atoms with van der Waals surface area (Å²) in [6.45, 7) is 10.1. The molecular weight excluding hydrogens is 336 g/mol. The maximum absolute atomic E-state index is 12.7. The molecule has 0 aliphatic heterocycles. The number of carbonyl (C=O) groups excluding carboxylic acids is 1. The first-order valence-electron chi connectivity index (χ1n) is 8.38. The van der Waals surface area contributed by atoms with Crippen LogP contribution in [0.3, 0.4) is 0 Å². The average molecular weight is 365 g/mol. The zero-order valence-corrected chi connectivity index (χ0v) is 16.9. The number of carbonyl (C=O) groups is 1. The summed E-state index contributed by atoms with van der Waals surface area (Å²) in [5.74, 6) is 0.0532. The predicted octanol–water partition coefficient (Wildman–Crippen LogP) is 3.42. The fourth-order valence-corrected chi connectivity index (χ4v) is 4.09. The monoisotopic (exact) mass is 364 g/mol. The first-order chi connectivity index (χ1) is 11.4. The van der Waals surface area contributed by atoms with Gasteiger partial charge in [0.2, 0.25) is 15.9 Å². The molecule has 138 valence electrons. The van der Waals surface area contributed by atoms with Crippen molar-refractivity contribution in [2.75, 3.05) is 19.4 Å². The first kappa shape index (κ1) is 19.7.